The van der Waals surface area contributed by atoms with Crippen LogP contribution in [0.15, 0.2) is 0 Å². The number of thioether (sulfide) groups is 1. The number of esters is 1. The zero-order chi connectivity index (χ0) is 14.6. The molecule has 0 amide bonds. The Labute approximate surface area is 107 Å². The van der Waals surface area contributed by atoms with Crippen molar-refractivity contribution >= 4 is 17.7 Å². The first-order valence-corrected chi connectivity index (χ1v) is 5.82. The van der Waals surface area contributed by atoms with Crippen molar-refractivity contribution in [2.45, 2.75) is 30.7 Å². The molecule has 0 aliphatic rings. The van der Waals surface area contributed by atoms with Crippen LogP contribution in [-0.4, -0.2) is 30.3 Å². The number of carbonyl (C=O) groups is 1. The van der Waals surface area contributed by atoms with Gasteiger partial charge in [-0.05, 0) is 6.42 Å². The van der Waals surface area contributed by atoms with E-state index in [1.54, 1.807) is 0 Å². The molecule has 0 spiro atoms. The predicted octanol–water partition coefficient (Wildman–Crippen LogP) is 2.69. The highest BCUT2D eigenvalue weighted by Crippen LogP contribution is 2.25. The molecule has 0 N–H and O–H groups in total. The molecule has 0 aliphatic carbocycles. The maximum absolute atomic E-state index is 11.9. The van der Waals surface area contributed by atoms with E-state index in [2.05, 4.69) is 10.7 Å². The first kappa shape index (κ1) is 19.1. The van der Waals surface area contributed by atoms with Crippen LogP contribution < -0.4 is 0 Å². The summed E-state index contributed by atoms with van der Waals surface area (Å²) in [6.45, 7) is 0. The zero-order valence-electron chi connectivity index (χ0n) is 9.66. The summed E-state index contributed by atoms with van der Waals surface area (Å²) < 4.78 is 40.1. The van der Waals surface area contributed by atoms with Gasteiger partial charge in [0.15, 0.2) is 0 Å². The fourth-order valence-electron chi connectivity index (χ4n) is 0.932. The number of hydrogen-bond donors (Lipinski definition) is 0. The summed E-state index contributed by atoms with van der Waals surface area (Å²) >= 11 is 0.931. The van der Waals surface area contributed by atoms with Crippen molar-refractivity contribution in [3.05, 3.63) is 9.93 Å². The topological polar surface area (TPSA) is 60.4 Å². The van der Waals surface area contributed by atoms with E-state index in [1.807, 2.05) is 0 Å². The van der Waals surface area contributed by atoms with Crippen molar-refractivity contribution in [1.29, 1.82) is 0 Å². The summed E-state index contributed by atoms with van der Waals surface area (Å²) in [5, 5.41) is -0.608. The third-order valence-corrected chi connectivity index (χ3v) is 2.99. The number of methoxy groups -OCH3 is 1. The van der Waals surface area contributed by atoms with Crippen LogP contribution in [0, 0.1) is 22.3 Å². The van der Waals surface area contributed by atoms with Crippen LogP contribution in [0.4, 0.5) is 13.2 Å². The molecule has 0 rings (SSSR count). The highest BCUT2D eigenvalue weighted by molar-refractivity contribution is 8.00. The van der Waals surface area contributed by atoms with Gasteiger partial charge >= 0.3 is 12.1 Å². The molecular weight excluding hydrogens is 273 g/mol. The Balaban J connectivity index is 0. The Hall–Kier alpha value is -1.23. The SMILES string of the molecule is C#CCCC(SCCC(F)(F)F)C(=O)OC.O=O. The molecule has 8 heteroatoms. The summed E-state index contributed by atoms with van der Waals surface area (Å²) in [5.41, 5.74) is 0. The second-order valence-electron chi connectivity index (χ2n) is 2.99. The van der Waals surface area contributed by atoms with E-state index in [4.69, 9.17) is 16.4 Å². The molecule has 0 aliphatic heterocycles. The lowest BCUT2D eigenvalue weighted by Gasteiger charge is -2.13. The van der Waals surface area contributed by atoms with E-state index in [0.29, 0.717) is 12.8 Å². The third-order valence-electron chi connectivity index (χ3n) is 1.72. The molecule has 0 fully saturated rings. The van der Waals surface area contributed by atoms with Gasteiger partial charge in [0.25, 0.3) is 0 Å². The van der Waals surface area contributed by atoms with Crippen molar-refractivity contribution in [1.82, 2.24) is 0 Å². The monoisotopic (exact) mass is 286 g/mol. The lowest BCUT2D eigenvalue weighted by molar-refractivity contribution is -0.140. The molecule has 1 atom stereocenters. The molecule has 0 heterocycles. The highest BCUT2D eigenvalue weighted by Gasteiger charge is 2.28. The van der Waals surface area contributed by atoms with Gasteiger partial charge in [-0.25, -0.2) is 0 Å². The van der Waals surface area contributed by atoms with E-state index in [9.17, 15) is 18.0 Å². The van der Waals surface area contributed by atoms with Gasteiger partial charge in [0.05, 0.1) is 13.5 Å². The maximum Gasteiger partial charge on any atom is 0.389 e. The summed E-state index contributed by atoms with van der Waals surface area (Å²) in [5.74, 6) is 1.66. The molecule has 4 nitrogen and oxygen atoms in total. The summed E-state index contributed by atoms with van der Waals surface area (Å²) in [7, 11) is 1.20. The molecule has 0 aromatic carbocycles. The minimum Gasteiger partial charge on any atom is -0.468 e. The number of ether oxygens (including phenoxy) is 1. The van der Waals surface area contributed by atoms with Gasteiger partial charge in [-0.2, -0.15) is 13.2 Å². The number of alkyl halides is 3. The molecule has 18 heavy (non-hydrogen) atoms. The van der Waals surface area contributed by atoms with Gasteiger partial charge in [0.2, 0.25) is 0 Å². The number of rotatable bonds is 6. The van der Waals surface area contributed by atoms with Crippen LogP contribution in [0.25, 0.3) is 0 Å². The van der Waals surface area contributed by atoms with E-state index in [0.717, 1.165) is 11.8 Å². The second-order valence-corrected chi connectivity index (χ2v) is 4.30. The van der Waals surface area contributed by atoms with Crippen LogP contribution in [0.3, 0.4) is 0 Å². The van der Waals surface area contributed by atoms with E-state index >= 15 is 0 Å². The van der Waals surface area contributed by atoms with Gasteiger partial charge in [-0.3, -0.25) is 4.79 Å². The summed E-state index contributed by atoms with van der Waals surface area (Å²) in [6.07, 6.45) is 0.600. The number of carbonyl (C=O) groups excluding carboxylic acids is 1. The Kier molecular flexibility index (Phi) is 11.6. The van der Waals surface area contributed by atoms with Gasteiger partial charge < -0.3 is 4.74 Å². The van der Waals surface area contributed by atoms with E-state index in [1.165, 1.54) is 7.11 Å². The lowest BCUT2D eigenvalue weighted by Crippen LogP contribution is -2.20. The Morgan fingerprint density at radius 2 is 2.00 bits per heavy atom. The number of terminal acetylenes is 1. The first-order chi connectivity index (χ1) is 8.40. The second kappa shape index (κ2) is 10.9. The fraction of sp³-hybridized carbons (Fsp3) is 0.700. The van der Waals surface area contributed by atoms with Crippen molar-refractivity contribution in [2.75, 3.05) is 12.9 Å². The molecular formula is C10H13F3O4S. The molecule has 0 aromatic heterocycles. The molecule has 1 unspecified atom stereocenters. The van der Waals surface area contributed by atoms with Crippen molar-refractivity contribution in [2.24, 2.45) is 0 Å². The fourth-order valence-corrected chi connectivity index (χ4v) is 2.08. The van der Waals surface area contributed by atoms with Crippen molar-refractivity contribution < 1.29 is 22.7 Å². The largest absolute Gasteiger partial charge is 0.468 e. The zero-order valence-corrected chi connectivity index (χ0v) is 10.5. The van der Waals surface area contributed by atoms with Gasteiger partial charge in [-0.1, -0.05) is 0 Å². The lowest BCUT2D eigenvalue weighted by atomic mass is 10.2. The molecule has 0 saturated heterocycles. The Morgan fingerprint density at radius 3 is 2.39 bits per heavy atom. The van der Waals surface area contributed by atoms with Gasteiger partial charge in [0, 0.05) is 22.1 Å². The first-order valence-electron chi connectivity index (χ1n) is 4.77. The van der Waals surface area contributed by atoms with E-state index in [-0.39, 0.29) is 5.75 Å². The summed E-state index contributed by atoms with van der Waals surface area (Å²) in [6, 6.07) is 0. The quantitative estimate of drug-likeness (QED) is 0.555. The van der Waals surface area contributed by atoms with Crippen LogP contribution in [0.5, 0.6) is 0 Å². The minimum atomic E-state index is -4.19. The Bertz CT molecular complexity index is 275. The molecule has 0 bridgehead atoms. The normalized spacial score (nSPS) is 11.7. The summed E-state index contributed by atoms with van der Waals surface area (Å²) in [4.78, 5) is 25.2. The van der Waals surface area contributed by atoms with Crippen LogP contribution in [0.2, 0.25) is 0 Å². The third kappa shape index (κ3) is 11.3. The predicted molar refractivity (Wildman–Crippen MR) is 63.7 cm³/mol. The van der Waals surface area contributed by atoms with Crippen LogP contribution in [0.1, 0.15) is 19.3 Å². The van der Waals surface area contributed by atoms with Gasteiger partial charge in [-0.15, -0.1) is 24.1 Å². The maximum atomic E-state index is 11.9. The molecule has 104 valence electrons. The van der Waals surface area contributed by atoms with Crippen LogP contribution >= 0.6 is 11.8 Å². The average molecular weight is 286 g/mol. The number of halogens is 3. The van der Waals surface area contributed by atoms with Crippen LogP contribution in [-0.2, 0) is 9.53 Å². The highest BCUT2D eigenvalue weighted by atomic mass is 32.2. The molecule has 0 aromatic rings. The number of hydrogen-bond acceptors (Lipinski definition) is 5. The molecule has 0 saturated carbocycles. The minimum absolute atomic E-state index is 0.159. The molecule has 0 radical (unpaired) electrons. The smallest absolute Gasteiger partial charge is 0.389 e. The van der Waals surface area contributed by atoms with Gasteiger partial charge in [0.1, 0.15) is 5.25 Å². The standard InChI is InChI=1S/C10H13F3O2S.O2/c1-3-4-5-8(9(14)15-2)16-7-6-10(11,12)13;1-2/h1,8H,4-7H2,2H3;. The Morgan fingerprint density at radius 1 is 1.44 bits per heavy atom. The average Bonchev–Trinajstić information content (AvgIpc) is 2.33. The van der Waals surface area contributed by atoms with Crippen molar-refractivity contribution in [3.63, 3.8) is 0 Å². The van der Waals surface area contributed by atoms with Crippen molar-refractivity contribution in [3.8, 4) is 12.3 Å². The van der Waals surface area contributed by atoms with E-state index < -0.39 is 23.8 Å².